The molecule has 0 radical (unpaired) electrons. The molecule has 3 rings (SSSR count). The third-order valence-corrected chi connectivity index (χ3v) is 3.92. The Kier molecular flexibility index (Phi) is 3.28. The van der Waals surface area contributed by atoms with Crippen LogP contribution in [0.5, 0.6) is 0 Å². The number of thioether (sulfide) groups is 1. The van der Waals surface area contributed by atoms with Crippen molar-refractivity contribution in [2.75, 3.05) is 17.4 Å². The van der Waals surface area contributed by atoms with Crippen LogP contribution >= 0.6 is 35.0 Å². The summed E-state index contributed by atoms with van der Waals surface area (Å²) in [5, 5.41) is 11.6. The van der Waals surface area contributed by atoms with Gasteiger partial charge in [0.1, 0.15) is 13.0 Å². The van der Waals surface area contributed by atoms with Gasteiger partial charge in [-0.2, -0.15) is 5.12 Å². The van der Waals surface area contributed by atoms with Crippen molar-refractivity contribution in [3.8, 4) is 0 Å². The van der Waals surface area contributed by atoms with Gasteiger partial charge in [-0.1, -0.05) is 23.2 Å². The molecule has 0 saturated carbocycles. The summed E-state index contributed by atoms with van der Waals surface area (Å²) in [7, 11) is 0. The molecule has 7 heteroatoms. The molecule has 4 nitrogen and oxygen atoms in total. The molecule has 0 saturated heterocycles. The summed E-state index contributed by atoms with van der Waals surface area (Å²) in [5.74, 6) is 0.888. The van der Waals surface area contributed by atoms with Crippen LogP contribution in [-0.2, 0) is 0 Å². The molecule has 0 spiro atoms. The molecule has 2 heterocycles. The fourth-order valence-electron chi connectivity index (χ4n) is 1.75. The summed E-state index contributed by atoms with van der Waals surface area (Å²) in [5.41, 5.74) is 0.906. The van der Waals surface area contributed by atoms with Gasteiger partial charge in [-0.05, 0) is 23.6 Å². The Bertz CT molecular complexity index is 520. The lowest BCUT2D eigenvalue weighted by Gasteiger charge is -2.26. The lowest BCUT2D eigenvalue weighted by molar-refractivity contribution is 0.0611. The van der Waals surface area contributed by atoms with Gasteiger partial charge in [0, 0.05) is 11.2 Å². The van der Waals surface area contributed by atoms with Crippen molar-refractivity contribution in [2.24, 2.45) is 5.10 Å². The number of rotatable bonds is 2. The zero-order valence-corrected chi connectivity index (χ0v) is 11.7. The largest absolute Gasteiger partial charge is 0.307 e. The molecule has 0 aromatic heterocycles. The van der Waals surface area contributed by atoms with Crippen LogP contribution in [0.3, 0.4) is 0 Å². The molecule has 0 N–H and O–H groups in total. The molecular weight excluding hydrogens is 291 g/mol. The van der Waals surface area contributed by atoms with Crippen molar-refractivity contribution in [2.45, 2.75) is 0 Å². The minimum absolute atomic E-state index is 0.627. The number of anilines is 1. The Morgan fingerprint density at radius 2 is 2.17 bits per heavy atom. The molecule has 1 aromatic rings. The first-order valence-corrected chi connectivity index (χ1v) is 7.13. The highest BCUT2D eigenvalue weighted by atomic mass is 35.5. The van der Waals surface area contributed by atoms with E-state index in [2.05, 4.69) is 5.10 Å². The summed E-state index contributed by atoms with van der Waals surface area (Å²) in [6, 6.07) is 5.46. The van der Waals surface area contributed by atoms with Gasteiger partial charge in [0.05, 0.1) is 16.6 Å². The fraction of sp³-hybridized carbons (Fsp3) is 0.182. The van der Waals surface area contributed by atoms with Crippen molar-refractivity contribution in [1.82, 2.24) is 10.1 Å². The van der Waals surface area contributed by atoms with Crippen LogP contribution in [0.2, 0.25) is 10.0 Å². The van der Waals surface area contributed by atoms with Crippen molar-refractivity contribution < 1.29 is 0 Å². The van der Waals surface area contributed by atoms with Crippen molar-refractivity contribution in [3.05, 3.63) is 39.9 Å². The van der Waals surface area contributed by atoms with Crippen LogP contribution in [0.25, 0.3) is 0 Å². The Morgan fingerprint density at radius 3 is 2.89 bits per heavy atom. The predicted octanol–water partition coefficient (Wildman–Crippen LogP) is 3.41. The average molecular weight is 301 g/mol. The molecule has 0 unspecified atom stereocenters. The minimum atomic E-state index is 0.627. The SMILES string of the molecule is Clc1ccc(N2C=NN(N3C=CSC3)C2)c(Cl)c1. The minimum Gasteiger partial charge on any atom is -0.307 e. The molecule has 1 aromatic carbocycles. The first kappa shape index (κ1) is 12.0. The number of hydrogen-bond donors (Lipinski definition) is 0. The second-order valence-electron chi connectivity index (χ2n) is 3.83. The van der Waals surface area contributed by atoms with E-state index >= 15 is 0 Å². The van der Waals surface area contributed by atoms with Gasteiger partial charge in [-0.3, -0.25) is 5.01 Å². The normalized spacial score (nSPS) is 18.2. The van der Waals surface area contributed by atoms with E-state index in [0.717, 1.165) is 11.6 Å². The van der Waals surface area contributed by atoms with Crippen molar-refractivity contribution in [1.29, 1.82) is 0 Å². The van der Waals surface area contributed by atoms with Crippen LogP contribution in [0.1, 0.15) is 0 Å². The lowest BCUT2D eigenvalue weighted by Crippen LogP contribution is -2.36. The summed E-state index contributed by atoms with van der Waals surface area (Å²) in [6.07, 6.45) is 3.78. The summed E-state index contributed by atoms with van der Waals surface area (Å²) < 4.78 is 0. The first-order chi connectivity index (χ1) is 8.74. The maximum Gasteiger partial charge on any atom is 0.135 e. The van der Waals surface area contributed by atoms with Gasteiger partial charge in [-0.25, -0.2) is 0 Å². The Labute approximate surface area is 119 Å². The molecule has 2 aliphatic rings. The van der Waals surface area contributed by atoms with Crippen LogP contribution in [0.4, 0.5) is 5.69 Å². The van der Waals surface area contributed by atoms with Crippen LogP contribution in [0.15, 0.2) is 34.9 Å². The van der Waals surface area contributed by atoms with E-state index in [9.17, 15) is 0 Å². The molecule has 94 valence electrons. The number of halogens is 2. The molecule has 0 aliphatic carbocycles. The van der Waals surface area contributed by atoms with Crippen LogP contribution < -0.4 is 4.90 Å². The molecule has 0 amide bonds. The van der Waals surface area contributed by atoms with Gasteiger partial charge in [-0.15, -0.1) is 16.9 Å². The molecule has 0 bridgehead atoms. The Hall–Kier alpha value is -1.04. The highest BCUT2D eigenvalue weighted by Gasteiger charge is 2.22. The fourth-order valence-corrected chi connectivity index (χ4v) is 2.95. The Balaban J connectivity index is 1.75. The monoisotopic (exact) mass is 300 g/mol. The number of benzene rings is 1. The summed E-state index contributed by atoms with van der Waals surface area (Å²) in [6.45, 7) is 0.645. The van der Waals surface area contributed by atoms with E-state index in [1.807, 2.05) is 38.8 Å². The third kappa shape index (κ3) is 2.25. The highest BCUT2D eigenvalue weighted by Crippen LogP contribution is 2.30. The Morgan fingerprint density at radius 1 is 1.28 bits per heavy atom. The van der Waals surface area contributed by atoms with E-state index in [-0.39, 0.29) is 0 Å². The molecule has 18 heavy (non-hydrogen) atoms. The average Bonchev–Trinajstić information content (AvgIpc) is 2.99. The quantitative estimate of drug-likeness (QED) is 0.834. The standard InChI is InChI=1S/C11H10Cl2N4S/c12-9-1-2-11(10(13)5-9)15-6-14-17(7-15)16-3-4-18-8-16/h1-6H,7-8H2. The van der Waals surface area contributed by atoms with E-state index in [1.165, 1.54) is 0 Å². The number of nitrogens with zero attached hydrogens (tertiary/aromatic N) is 4. The molecular formula is C11H10Cl2N4S. The molecule has 2 aliphatic heterocycles. The zero-order valence-electron chi connectivity index (χ0n) is 9.33. The number of hydrazone groups is 1. The van der Waals surface area contributed by atoms with Gasteiger partial charge in [0.2, 0.25) is 0 Å². The first-order valence-electron chi connectivity index (χ1n) is 5.32. The summed E-state index contributed by atoms with van der Waals surface area (Å²) >= 11 is 13.8. The zero-order chi connectivity index (χ0) is 12.5. The van der Waals surface area contributed by atoms with E-state index in [1.54, 1.807) is 24.2 Å². The van der Waals surface area contributed by atoms with E-state index in [4.69, 9.17) is 23.2 Å². The highest BCUT2D eigenvalue weighted by molar-refractivity contribution is 8.02. The van der Waals surface area contributed by atoms with Crippen LogP contribution in [-0.4, -0.2) is 29.0 Å². The maximum atomic E-state index is 6.18. The second kappa shape index (κ2) is 4.91. The van der Waals surface area contributed by atoms with E-state index in [0.29, 0.717) is 16.7 Å². The predicted molar refractivity (Wildman–Crippen MR) is 77.6 cm³/mol. The number of hydrazine groups is 1. The summed E-state index contributed by atoms with van der Waals surface area (Å²) in [4.78, 5) is 1.98. The van der Waals surface area contributed by atoms with Crippen molar-refractivity contribution in [3.63, 3.8) is 0 Å². The van der Waals surface area contributed by atoms with Gasteiger partial charge in [0.25, 0.3) is 0 Å². The van der Waals surface area contributed by atoms with Crippen molar-refractivity contribution >= 4 is 47.0 Å². The smallest absolute Gasteiger partial charge is 0.135 e. The second-order valence-corrected chi connectivity index (χ2v) is 5.54. The molecule has 0 fully saturated rings. The topological polar surface area (TPSA) is 22.1 Å². The maximum absolute atomic E-state index is 6.18. The lowest BCUT2D eigenvalue weighted by atomic mass is 10.3. The number of hydrogen-bond acceptors (Lipinski definition) is 5. The van der Waals surface area contributed by atoms with E-state index < -0.39 is 0 Å². The van der Waals surface area contributed by atoms with Gasteiger partial charge in [0.15, 0.2) is 0 Å². The van der Waals surface area contributed by atoms with Gasteiger partial charge < -0.3 is 4.90 Å². The third-order valence-electron chi connectivity index (χ3n) is 2.65. The van der Waals surface area contributed by atoms with Crippen LogP contribution in [0, 0.1) is 0 Å². The van der Waals surface area contributed by atoms with Gasteiger partial charge >= 0.3 is 0 Å². The molecule has 0 atom stereocenters.